The monoisotopic (exact) mass is 163 g/mol. The lowest BCUT2D eigenvalue weighted by molar-refractivity contribution is 1.24. The van der Waals surface area contributed by atoms with Crippen molar-refractivity contribution in [2.24, 2.45) is 4.99 Å². The Hall–Kier alpha value is -1.11. The third kappa shape index (κ3) is 3.33. The van der Waals surface area contributed by atoms with Crippen molar-refractivity contribution in [1.29, 1.82) is 0 Å². The summed E-state index contributed by atoms with van der Waals surface area (Å²) in [5.41, 5.74) is 3.19. The Bertz CT molecular complexity index is 242. The second kappa shape index (κ2) is 5.53. The molecule has 0 radical (unpaired) electrons. The zero-order chi connectivity index (χ0) is 9.56. The van der Waals surface area contributed by atoms with E-state index in [4.69, 9.17) is 0 Å². The fourth-order valence-electron chi connectivity index (χ4n) is 1.00. The quantitative estimate of drug-likeness (QED) is 0.446. The molecule has 0 aromatic rings. The van der Waals surface area contributed by atoms with E-state index >= 15 is 0 Å². The van der Waals surface area contributed by atoms with Gasteiger partial charge in [0.15, 0.2) is 0 Å². The van der Waals surface area contributed by atoms with Crippen molar-refractivity contribution in [2.75, 3.05) is 0 Å². The first-order valence-corrected chi connectivity index (χ1v) is 4.11. The first-order chi connectivity index (χ1) is 5.63. The molecule has 0 aliphatic carbocycles. The van der Waals surface area contributed by atoms with Crippen LogP contribution in [0.1, 0.15) is 27.7 Å². The molecule has 0 spiro atoms. The van der Waals surface area contributed by atoms with Gasteiger partial charge in [-0.3, -0.25) is 4.99 Å². The molecule has 0 atom stereocenters. The Balaban J connectivity index is 4.93. The number of hydrogen-bond acceptors (Lipinski definition) is 1. The smallest absolute Gasteiger partial charge is 0.0443 e. The van der Waals surface area contributed by atoms with Gasteiger partial charge in [0, 0.05) is 11.9 Å². The molecule has 0 saturated carbocycles. The van der Waals surface area contributed by atoms with Crippen molar-refractivity contribution in [1.82, 2.24) is 0 Å². The fraction of sp³-hybridized carbons (Fsp3) is 0.364. The number of aliphatic imine (C=N–C) groups is 1. The van der Waals surface area contributed by atoms with Crippen molar-refractivity contribution in [3.8, 4) is 0 Å². The van der Waals surface area contributed by atoms with E-state index < -0.39 is 0 Å². The van der Waals surface area contributed by atoms with Crippen LogP contribution in [-0.2, 0) is 0 Å². The molecule has 0 bridgehead atoms. The highest BCUT2D eigenvalue weighted by molar-refractivity contribution is 5.56. The largest absolute Gasteiger partial charge is 0.266 e. The van der Waals surface area contributed by atoms with Crippen LogP contribution in [0.3, 0.4) is 0 Å². The molecule has 1 heteroatoms. The molecule has 0 unspecified atom stereocenters. The van der Waals surface area contributed by atoms with E-state index in [1.807, 2.05) is 39.8 Å². The van der Waals surface area contributed by atoms with Crippen LogP contribution >= 0.6 is 0 Å². The maximum absolute atomic E-state index is 4.21. The standard InChI is InChI=1S/C11H17N/c1-6-8-11(9(3)4)10(5)12-7-2/h6-8H,3H2,1-2,4-5H3/b8-6-,11-10-,12-7-. The molecule has 0 amide bonds. The van der Waals surface area contributed by atoms with E-state index in [9.17, 15) is 0 Å². The lowest BCUT2D eigenvalue weighted by atomic mass is 10.1. The van der Waals surface area contributed by atoms with Crippen LogP contribution in [0.5, 0.6) is 0 Å². The highest BCUT2D eigenvalue weighted by Gasteiger charge is 1.96. The molecule has 0 heterocycles. The summed E-state index contributed by atoms with van der Waals surface area (Å²) < 4.78 is 0. The first kappa shape index (κ1) is 10.9. The summed E-state index contributed by atoms with van der Waals surface area (Å²) in [5.74, 6) is 0. The van der Waals surface area contributed by atoms with Gasteiger partial charge in [0.25, 0.3) is 0 Å². The number of nitrogens with zero attached hydrogens (tertiary/aromatic N) is 1. The number of allylic oxidation sites excluding steroid dienone is 5. The molecule has 0 rings (SSSR count). The summed E-state index contributed by atoms with van der Waals surface area (Å²) in [6.45, 7) is 11.8. The van der Waals surface area contributed by atoms with E-state index in [-0.39, 0.29) is 0 Å². The van der Waals surface area contributed by atoms with Gasteiger partial charge in [-0.1, -0.05) is 18.7 Å². The molecule has 0 saturated heterocycles. The van der Waals surface area contributed by atoms with Crippen molar-refractivity contribution in [3.63, 3.8) is 0 Å². The van der Waals surface area contributed by atoms with Gasteiger partial charge >= 0.3 is 0 Å². The molecular weight excluding hydrogens is 146 g/mol. The molecular formula is C11H17N. The number of rotatable bonds is 3. The zero-order valence-corrected chi connectivity index (χ0v) is 8.39. The van der Waals surface area contributed by atoms with Crippen LogP contribution < -0.4 is 0 Å². The maximum atomic E-state index is 4.21. The van der Waals surface area contributed by atoms with Crippen LogP contribution in [0.15, 0.2) is 40.6 Å². The minimum Gasteiger partial charge on any atom is -0.266 e. The van der Waals surface area contributed by atoms with Gasteiger partial charge in [0.1, 0.15) is 0 Å². The molecule has 0 aliphatic heterocycles. The van der Waals surface area contributed by atoms with E-state index in [0.717, 1.165) is 16.8 Å². The maximum Gasteiger partial charge on any atom is 0.0443 e. The van der Waals surface area contributed by atoms with Crippen molar-refractivity contribution < 1.29 is 0 Å². The summed E-state index contributed by atoms with van der Waals surface area (Å²) in [6, 6.07) is 0. The van der Waals surface area contributed by atoms with E-state index in [1.165, 1.54) is 0 Å². The van der Waals surface area contributed by atoms with Crippen molar-refractivity contribution in [3.05, 3.63) is 35.6 Å². The average molecular weight is 163 g/mol. The molecule has 0 fully saturated rings. The van der Waals surface area contributed by atoms with Crippen LogP contribution in [-0.4, -0.2) is 6.21 Å². The third-order valence-electron chi connectivity index (χ3n) is 1.51. The van der Waals surface area contributed by atoms with Crippen molar-refractivity contribution in [2.45, 2.75) is 27.7 Å². The van der Waals surface area contributed by atoms with E-state index in [0.29, 0.717) is 0 Å². The fourth-order valence-corrected chi connectivity index (χ4v) is 1.00. The Labute approximate surface area is 75.2 Å². The molecule has 0 aromatic heterocycles. The Morgan fingerprint density at radius 3 is 2.17 bits per heavy atom. The van der Waals surface area contributed by atoms with E-state index in [2.05, 4.69) is 11.6 Å². The second-order valence-electron chi connectivity index (χ2n) is 2.67. The topological polar surface area (TPSA) is 12.4 Å². The Morgan fingerprint density at radius 1 is 1.25 bits per heavy atom. The predicted octanol–water partition coefficient (Wildman–Crippen LogP) is 3.50. The zero-order valence-electron chi connectivity index (χ0n) is 8.39. The Kier molecular flexibility index (Phi) is 5.02. The van der Waals surface area contributed by atoms with Gasteiger partial charge in [0.05, 0.1) is 0 Å². The van der Waals surface area contributed by atoms with Gasteiger partial charge in [-0.15, -0.1) is 0 Å². The third-order valence-corrected chi connectivity index (χ3v) is 1.51. The highest BCUT2D eigenvalue weighted by Crippen LogP contribution is 2.14. The SMILES string of the molecule is C=C(C)C(/C=C\C)=C(C)\N=C/C. The van der Waals surface area contributed by atoms with Crippen LogP contribution in [0.4, 0.5) is 0 Å². The number of hydrogen-bond donors (Lipinski definition) is 0. The molecule has 1 nitrogen and oxygen atoms in total. The van der Waals surface area contributed by atoms with E-state index in [1.54, 1.807) is 6.21 Å². The lowest BCUT2D eigenvalue weighted by Crippen LogP contribution is -1.84. The van der Waals surface area contributed by atoms with Crippen LogP contribution in [0, 0.1) is 0 Å². The average Bonchev–Trinajstić information content (AvgIpc) is 1.99. The molecule has 0 N–H and O–H groups in total. The predicted molar refractivity (Wildman–Crippen MR) is 56.5 cm³/mol. The summed E-state index contributed by atoms with van der Waals surface area (Å²) in [7, 11) is 0. The molecule has 0 aromatic carbocycles. The van der Waals surface area contributed by atoms with Gasteiger partial charge in [-0.2, -0.15) is 0 Å². The summed E-state index contributed by atoms with van der Waals surface area (Å²) in [6.07, 6.45) is 5.82. The van der Waals surface area contributed by atoms with Gasteiger partial charge < -0.3 is 0 Å². The van der Waals surface area contributed by atoms with Gasteiger partial charge in [-0.05, 0) is 38.8 Å². The van der Waals surface area contributed by atoms with Gasteiger partial charge in [0.2, 0.25) is 0 Å². The minimum atomic E-state index is 1.02. The first-order valence-electron chi connectivity index (χ1n) is 4.11. The summed E-state index contributed by atoms with van der Waals surface area (Å²) in [4.78, 5) is 4.21. The highest BCUT2D eigenvalue weighted by atomic mass is 14.7. The van der Waals surface area contributed by atoms with Crippen LogP contribution in [0.25, 0.3) is 0 Å². The molecule has 12 heavy (non-hydrogen) atoms. The summed E-state index contributed by atoms with van der Waals surface area (Å²) in [5, 5.41) is 0. The minimum absolute atomic E-state index is 1.02. The molecule has 66 valence electrons. The second-order valence-corrected chi connectivity index (χ2v) is 2.67. The summed E-state index contributed by atoms with van der Waals surface area (Å²) >= 11 is 0. The Morgan fingerprint density at radius 2 is 1.83 bits per heavy atom. The molecule has 0 aliphatic rings. The normalized spacial score (nSPS) is 14.0. The lowest BCUT2D eigenvalue weighted by Gasteiger charge is -2.02. The van der Waals surface area contributed by atoms with Crippen LogP contribution in [0.2, 0.25) is 0 Å². The van der Waals surface area contributed by atoms with Gasteiger partial charge in [-0.25, -0.2) is 0 Å². The van der Waals surface area contributed by atoms with Crippen molar-refractivity contribution >= 4 is 6.21 Å².